The number of carbonyl (C=O) groups is 2. The predicted octanol–water partition coefficient (Wildman–Crippen LogP) is 2.22. The van der Waals surface area contributed by atoms with Crippen LogP contribution in [0.1, 0.15) is 20.7 Å². The Morgan fingerprint density at radius 3 is 2.32 bits per heavy atom. The van der Waals surface area contributed by atoms with Crippen LogP contribution in [0.25, 0.3) is 0 Å². The van der Waals surface area contributed by atoms with Gasteiger partial charge in [-0.15, -0.1) is 0 Å². The first-order valence-electron chi connectivity index (χ1n) is 7.24. The summed E-state index contributed by atoms with van der Waals surface area (Å²) in [5.74, 6) is -0.932. The molecule has 0 aromatic heterocycles. The van der Waals surface area contributed by atoms with E-state index in [0.29, 0.717) is 5.56 Å². The van der Waals surface area contributed by atoms with Gasteiger partial charge in [-0.2, -0.15) is 0 Å². The molecule has 0 atom stereocenters. The van der Waals surface area contributed by atoms with Gasteiger partial charge in [0.05, 0.1) is 31.3 Å². The van der Waals surface area contributed by atoms with Crippen LogP contribution in [0.4, 0.5) is 5.69 Å². The lowest BCUT2D eigenvalue weighted by Gasteiger charge is -2.10. The first-order valence-corrected chi connectivity index (χ1v) is 7.24. The van der Waals surface area contributed by atoms with Crippen molar-refractivity contribution in [2.24, 2.45) is 0 Å². The summed E-state index contributed by atoms with van der Waals surface area (Å²) >= 11 is 0. The number of nitrogens with one attached hydrogen (secondary N) is 1. The fourth-order valence-corrected chi connectivity index (χ4v) is 2.20. The lowest BCUT2D eigenvalue weighted by Crippen LogP contribution is -2.29. The Morgan fingerprint density at radius 1 is 1.08 bits per heavy atom. The number of Topliss-reactive ketones (excluding diaryl/α,β-unsaturated/α-hetero) is 1. The molecule has 1 amide bonds. The van der Waals surface area contributed by atoms with E-state index in [1.54, 1.807) is 30.3 Å². The number of nitro groups is 1. The van der Waals surface area contributed by atoms with Crippen LogP contribution in [-0.4, -0.2) is 37.4 Å². The Bertz CT molecular complexity index is 804. The average molecular weight is 344 g/mol. The molecule has 0 unspecified atom stereocenters. The van der Waals surface area contributed by atoms with Crippen LogP contribution in [-0.2, 0) is 0 Å². The van der Waals surface area contributed by atoms with Crippen molar-refractivity contribution in [1.82, 2.24) is 5.32 Å². The number of nitrogens with zero attached hydrogens (tertiary/aromatic N) is 1. The van der Waals surface area contributed by atoms with Crippen molar-refractivity contribution in [3.63, 3.8) is 0 Å². The summed E-state index contributed by atoms with van der Waals surface area (Å²) in [5, 5.41) is 13.6. The first-order chi connectivity index (χ1) is 12.0. The molecule has 8 heteroatoms. The number of benzene rings is 2. The topological polar surface area (TPSA) is 108 Å². The highest BCUT2D eigenvalue weighted by molar-refractivity contribution is 6.02. The molecule has 2 aromatic carbocycles. The number of ether oxygens (including phenoxy) is 2. The second kappa shape index (κ2) is 7.91. The van der Waals surface area contributed by atoms with Gasteiger partial charge < -0.3 is 14.8 Å². The summed E-state index contributed by atoms with van der Waals surface area (Å²) in [6.07, 6.45) is 0. The molecule has 0 aliphatic rings. The zero-order valence-corrected chi connectivity index (χ0v) is 13.6. The van der Waals surface area contributed by atoms with Gasteiger partial charge in [0, 0.05) is 11.6 Å². The van der Waals surface area contributed by atoms with E-state index in [1.807, 2.05) is 0 Å². The molecule has 0 saturated heterocycles. The monoisotopic (exact) mass is 344 g/mol. The quantitative estimate of drug-likeness (QED) is 0.469. The number of hydrogen-bond acceptors (Lipinski definition) is 6. The van der Waals surface area contributed by atoms with Gasteiger partial charge in [0.15, 0.2) is 11.5 Å². The SMILES string of the molecule is COc1cc(C(=O)NCC(=O)c2ccccc2)cc([N+](=O)[O-])c1OC. The van der Waals surface area contributed by atoms with Crippen LogP contribution >= 0.6 is 0 Å². The van der Waals surface area contributed by atoms with Crippen LogP contribution in [0.3, 0.4) is 0 Å². The Morgan fingerprint density at radius 2 is 1.76 bits per heavy atom. The highest BCUT2D eigenvalue weighted by Gasteiger charge is 2.24. The molecule has 0 aliphatic heterocycles. The number of methoxy groups -OCH3 is 2. The highest BCUT2D eigenvalue weighted by atomic mass is 16.6. The molecule has 0 aliphatic carbocycles. The molecular weight excluding hydrogens is 328 g/mol. The van der Waals surface area contributed by atoms with E-state index < -0.39 is 16.5 Å². The molecule has 2 rings (SSSR count). The number of ketones is 1. The largest absolute Gasteiger partial charge is 0.493 e. The lowest BCUT2D eigenvalue weighted by atomic mass is 10.1. The third kappa shape index (κ3) is 4.11. The van der Waals surface area contributed by atoms with Crippen LogP contribution in [0.5, 0.6) is 11.5 Å². The number of hydrogen-bond donors (Lipinski definition) is 1. The predicted molar refractivity (Wildman–Crippen MR) is 89.3 cm³/mol. The van der Waals surface area contributed by atoms with Gasteiger partial charge in [0.25, 0.3) is 5.91 Å². The number of amides is 1. The van der Waals surface area contributed by atoms with E-state index in [4.69, 9.17) is 9.47 Å². The summed E-state index contributed by atoms with van der Waals surface area (Å²) < 4.78 is 10.0. The average Bonchev–Trinajstić information content (AvgIpc) is 2.65. The Hall–Kier alpha value is -3.42. The van der Waals surface area contributed by atoms with Crippen molar-refractivity contribution in [3.8, 4) is 11.5 Å². The standard InChI is InChI=1S/C17H16N2O6/c1-24-15-9-12(8-13(19(22)23)16(15)25-2)17(21)18-10-14(20)11-6-4-3-5-7-11/h3-9H,10H2,1-2H3,(H,18,21). The second-order valence-electron chi connectivity index (χ2n) is 4.96. The van der Waals surface area contributed by atoms with E-state index in [2.05, 4.69) is 5.32 Å². The summed E-state index contributed by atoms with van der Waals surface area (Å²) in [6.45, 7) is -0.231. The fourth-order valence-electron chi connectivity index (χ4n) is 2.20. The van der Waals surface area contributed by atoms with Crippen molar-refractivity contribution in [2.75, 3.05) is 20.8 Å². The van der Waals surface area contributed by atoms with Crippen molar-refractivity contribution in [3.05, 3.63) is 63.7 Å². The molecule has 25 heavy (non-hydrogen) atoms. The maximum Gasteiger partial charge on any atom is 0.315 e. The summed E-state index contributed by atoms with van der Waals surface area (Å²) in [6, 6.07) is 10.9. The molecule has 8 nitrogen and oxygen atoms in total. The van der Waals surface area contributed by atoms with Crippen molar-refractivity contribution in [1.29, 1.82) is 0 Å². The molecule has 1 N–H and O–H groups in total. The zero-order valence-electron chi connectivity index (χ0n) is 13.6. The highest BCUT2D eigenvalue weighted by Crippen LogP contribution is 2.37. The maximum atomic E-state index is 12.2. The van der Waals surface area contributed by atoms with E-state index in [0.717, 1.165) is 6.07 Å². The van der Waals surface area contributed by atoms with E-state index in [-0.39, 0.29) is 29.4 Å². The summed E-state index contributed by atoms with van der Waals surface area (Å²) in [7, 11) is 2.57. The maximum absolute atomic E-state index is 12.2. The van der Waals surface area contributed by atoms with Gasteiger partial charge in [0.2, 0.25) is 5.75 Å². The van der Waals surface area contributed by atoms with Crippen LogP contribution in [0.15, 0.2) is 42.5 Å². The van der Waals surface area contributed by atoms with E-state index in [9.17, 15) is 19.7 Å². The van der Waals surface area contributed by atoms with E-state index >= 15 is 0 Å². The normalized spacial score (nSPS) is 10.0. The first kappa shape index (κ1) is 17.9. The lowest BCUT2D eigenvalue weighted by molar-refractivity contribution is -0.385. The van der Waals surface area contributed by atoms with E-state index in [1.165, 1.54) is 20.3 Å². The molecule has 0 radical (unpaired) electrons. The van der Waals surface area contributed by atoms with Gasteiger partial charge in [0.1, 0.15) is 0 Å². The minimum absolute atomic E-state index is 0.00906. The molecule has 0 saturated carbocycles. The number of carbonyl (C=O) groups excluding carboxylic acids is 2. The third-order valence-corrected chi connectivity index (χ3v) is 3.42. The van der Waals surface area contributed by atoms with Gasteiger partial charge in [-0.3, -0.25) is 19.7 Å². The van der Waals surface area contributed by atoms with Crippen molar-refractivity contribution >= 4 is 17.4 Å². The van der Waals surface area contributed by atoms with Gasteiger partial charge in [-0.1, -0.05) is 30.3 Å². The summed E-state index contributed by atoms with van der Waals surface area (Å²) in [5.41, 5.74) is 0.0488. The fraction of sp³-hybridized carbons (Fsp3) is 0.176. The minimum atomic E-state index is -0.673. The Balaban J connectivity index is 2.20. The molecule has 0 bridgehead atoms. The minimum Gasteiger partial charge on any atom is -0.493 e. The van der Waals surface area contributed by atoms with Crippen LogP contribution in [0.2, 0.25) is 0 Å². The summed E-state index contributed by atoms with van der Waals surface area (Å²) in [4.78, 5) is 34.7. The van der Waals surface area contributed by atoms with Crippen molar-refractivity contribution < 1.29 is 24.0 Å². The van der Waals surface area contributed by atoms with Crippen LogP contribution < -0.4 is 14.8 Å². The molecular formula is C17H16N2O6. The molecule has 0 fully saturated rings. The molecule has 0 heterocycles. The molecule has 2 aromatic rings. The van der Waals surface area contributed by atoms with Crippen LogP contribution in [0, 0.1) is 10.1 Å². The van der Waals surface area contributed by atoms with Gasteiger partial charge in [-0.05, 0) is 6.07 Å². The Labute approximate surface area is 143 Å². The number of rotatable bonds is 7. The zero-order chi connectivity index (χ0) is 18.4. The van der Waals surface area contributed by atoms with Crippen molar-refractivity contribution in [2.45, 2.75) is 0 Å². The van der Waals surface area contributed by atoms with Gasteiger partial charge >= 0.3 is 5.69 Å². The molecule has 130 valence electrons. The second-order valence-corrected chi connectivity index (χ2v) is 4.96. The van der Waals surface area contributed by atoms with Gasteiger partial charge in [-0.25, -0.2) is 0 Å². The Kier molecular flexibility index (Phi) is 5.67. The third-order valence-electron chi connectivity index (χ3n) is 3.42. The molecule has 0 spiro atoms. The number of nitro benzene ring substituents is 1. The smallest absolute Gasteiger partial charge is 0.315 e.